The fraction of sp³-hybridized carbons (Fsp3) is 0.600. The Bertz CT molecular complexity index is 591. The van der Waals surface area contributed by atoms with Crippen LogP contribution in [0.15, 0.2) is 5.03 Å². The van der Waals surface area contributed by atoms with Crippen LogP contribution in [0.1, 0.15) is 49.9 Å². The van der Waals surface area contributed by atoms with Crippen LogP contribution in [-0.4, -0.2) is 27.0 Å². The summed E-state index contributed by atoms with van der Waals surface area (Å²) < 4.78 is 0. The first-order valence-corrected chi connectivity index (χ1v) is 8.17. The SMILES string of the molecule is CCc1nnc(SCC2(CC(=O)O)CC2)c(C#N)c1CC. The van der Waals surface area contributed by atoms with E-state index in [9.17, 15) is 10.1 Å². The third-order valence-corrected chi connectivity index (χ3v) is 5.24. The van der Waals surface area contributed by atoms with Gasteiger partial charge < -0.3 is 5.11 Å². The zero-order valence-corrected chi connectivity index (χ0v) is 13.2. The van der Waals surface area contributed by atoms with Crippen molar-refractivity contribution in [2.75, 3.05) is 5.75 Å². The molecule has 1 heterocycles. The lowest BCUT2D eigenvalue weighted by Crippen LogP contribution is -2.12. The Morgan fingerprint density at radius 1 is 1.38 bits per heavy atom. The second-order valence-corrected chi connectivity index (χ2v) is 6.45. The van der Waals surface area contributed by atoms with Crippen molar-refractivity contribution >= 4 is 17.7 Å². The van der Waals surface area contributed by atoms with E-state index in [2.05, 4.69) is 16.3 Å². The molecule has 1 fully saturated rings. The molecule has 1 saturated carbocycles. The predicted octanol–water partition coefficient (Wildman–Crippen LogP) is 2.82. The average molecular weight is 305 g/mol. The minimum absolute atomic E-state index is 0.110. The van der Waals surface area contributed by atoms with E-state index < -0.39 is 5.97 Å². The molecule has 1 aliphatic rings. The van der Waals surface area contributed by atoms with Gasteiger partial charge in [0.1, 0.15) is 11.1 Å². The molecule has 1 aromatic heterocycles. The zero-order chi connectivity index (χ0) is 15.5. The first kappa shape index (κ1) is 15.8. The molecule has 0 atom stereocenters. The topological polar surface area (TPSA) is 86.9 Å². The van der Waals surface area contributed by atoms with Gasteiger partial charge in [0.2, 0.25) is 0 Å². The van der Waals surface area contributed by atoms with Gasteiger partial charge in [-0.1, -0.05) is 13.8 Å². The van der Waals surface area contributed by atoms with Crippen molar-refractivity contribution in [2.24, 2.45) is 5.41 Å². The summed E-state index contributed by atoms with van der Waals surface area (Å²) in [7, 11) is 0. The van der Waals surface area contributed by atoms with Crippen LogP contribution in [0.3, 0.4) is 0 Å². The molecule has 1 N–H and O–H groups in total. The normalized spacial score (nSPS) is 15.5. The maximum atomic E-state index is 10.9. The van der Waals surface area contributed by atoms with Crippen molar-refractivity contribution in [3.8, 4) is 6.07 Å². The lowest BCUT2D eigenvalue weighted by Gasteiger charge is -2.13. The Labute approximate surface area is 128 Å². The molecule has 0 amide bonds. The minimum Gasteiger partial charge on any atom is -0.481 e. The molecule has 1 aromatic rings. The molecule has 6 heteroatoms. The number of nitriles is 1. The number of rotatable bonds is 7. The van der Waals surface area contributed by atoms with Crippen LogP contribution in [0.2, 0.25) is 0 Å². The van der Waals surface area contributed by atoms with Crippen LogP contribution >= 0.6 is 11.8 Å². The van der Waals surface area contributed by atoms with E-state index >= 15 is 0 Å². The number of carboxylic acids is 1. The Kier molecular flexibility index (Phi) is 4.84. The van der Waals surface area contributed by atoms with Crippen molar-refractivity contribution in [1.82, 2.24) is 10.2 Å². The van der Waals surface area contributed by atoms with Crippen LogP contribution < -0.4 is 0 Å². The van der Waals surface area contributed by atoms with Crippen molar-refractivity contribution in [3.05, 3.63) is 16.8 Å². The van der Waals surface area contributed by atoms with Gasteiger partial charge in [-0.2, -0.15) is 10.4 Å². The number of carboxylic acid groups (broad SMARTS) is 1. The van der Waals surface area contributed by atoms with E-state index in [1.165, 1.54) is 11.8 Å². The highest BCUT2D eigenvalue weighted by Gasteiger charge is 2.44. The number of carbonyl (C=O) groups is 1. The smallest absolute Gasteiger partial charge is 0.303 e. The fourth-order valence-electron chi connectivity index (χ4n) is 2.46. The molecule has 1 aliphatic carbocycles. The van der Waals surface area contributed by atoms with Gasteiger partial charge in [-0.3, -0.25) is 4.79 Å². The molecule has 21 heavy (non-hydrogen) atoms. The Hall–Kier alpha value is -1.61. The number of aryl methyl sites for hydroxylation is 1. The Morgan fingerprint density at radius 3 is 2.57 bits per heavy atom. The lowest BCUT2D eigenvalue weighted by molar-refractivity contribution is -0.138. The molecule has 0 spiro atoms. The summed E-state index contributed by atoms with van der Waals surface area (Å²) in [6.45, 7) is 4.02. The second kappa shape index (κ2) is 6.44. The van der Waals surface area contributed by atoms with Gasteiger partial charge in [0.15, 0.2) is 0 Å². The van der Waals surface area contributed by atoms with Crippen LogP contribution in [0.5, 0.6) is 0 Å². The van der Waals surface area contributed by atoms with Gasteiger partial charge in [-0.15, -0.1) is 16.9 Å². The number of nitrogens with zero attached hydrogens (tertiary/aromatic N) is 3. The van der Waals surface area contributed by atoms with Crippen molar-refractivity contribution < 1.29 is 9.90 Å². The first-order valence-electron chi connectivity index (χ1n) is 7.18. The third-order valence-electron chi connectivity index (χ3n) is 3.92. The zero-order valence-electron chi connectivity index (χ0n) is 12.3. The van der Waals surface area contributed by atoms with E-state index in [-0.39, 0.29) is 11.8 Å². The molecular formula is C15H19N3O2S. The summed E-state index contributed by atoms with van der Waals surface area (Å²) in [6.07, 6.45) is 3.60. The summed E-state index contributed by atoms with van der Waals surface area (Å²) in [6, 6.07) is 2.25. The van der Waals surface area contributed by atoms with E-state index in [1.54, 1.807) is 0 Å². The van der Waals surface area contributed by atoms with Crippen molar-refractivity contribution in [3.63, 3.8) is 0 Å². The highest BCUT2D eigenvalue weighted by molar-refractivity contribution is 7.99. The van der Waals surface area contributed by atoms with Crippen LogP contribution in [-0.2, 0) is 17.6 Å². The maximum Gasteiger partial charge on any atom is 0.303 e. The predicted molar refractivity (Wildman–Crippen MR) is 80.1 cm³/mol. The summed E-state index contributed by atoms with van der Waals surface area (Å²) in [4.78, 5) is 10.9. The standard InChI is InChI=1S/C15H19N3O2S/c1-3-10-11(8-16)14(18-17-12(10)4-2)21-9-15(5-6-15)7-13(19)20/h3-7,9H2,1-2H3,(H,19,20). The average Bonchev–Trinajstić information content (AvgIpc) is 3.22. The number of thioether (sulfide) groups is 1. The Balaban J connectivity index is 2.18. The van der Waals surface area contributed by atoms with E-state index in [0.717, 1.165) is 36.9 Å². The molecule has 0 aliphatic heterocycles. The summed E-state index contributed by atoms with van der Waals surface area (Å²) in [5.74, 6) is -0.0626. The monoisotopic (exact) mass is 305 g/mol. The quantitative estimate of drug-likeness (QED) is 0.779. The van der Waals surface area contributed by atoms with Gasteiger partial charge in [0.25, 0.3) is 0 Å². The fourth-order valence-corrected chi connectivity index (χ4v) is 3.71. The lowest BCUT2D eigenvalue weighted by atomic mass is 10.1. The second-order valence-electron chi connectivity index (χ2n) is 5.48. The molecule has 2 rings (SSSR count). The van der Waals surface area contributed by atoms with Crippen LogP contribution in [0, 0.1) is 16.7 Å². The third kappa shape index (κ3) is 3.53. The first-order chi connectivity index (χ1) is 10.0. The number of aliphatic carboxylic acids is 1. The maximum absolute atomic E-state index is 10.9. The molecule has 0 unspecified atom stereocenters. The van der Waals surface area contributed by atoms with E-state index in [1.807, 2.05) is 13.8 Å². The van der Waals surface area contributed by atoms with Crippen molar-refractivity contribution in [1.29, 1.82) is 5.26 Å². The number of hydrogen-bond acceptors (Lipinski definition) is 5. The van der Waals surface area contributed by atoms with Gasteiger partial charge in [-0.25, -0.2) is 0 Å². The van der Waals surface area contributed by atoms with Gasteiger partial charge >= 0.3 is 5.97 Å². The van der Waals surface area contributed by atoms with Gasteiger partial charge in [0, 0.05) is 5.75 Å². The molecule has 0 saturated heterocycles. The molecular weight excluding hydrogens is 286 g/mol. The Morgan fingerprint density at radius 2 is 2.10 bits per heavy atom. The summed E-state index contributed by atoms with van der Waals surface area (Å²) in [5, 5.41) is 27.4. The number of hydrogen-bond donors (Lipinski definition) is 1. The molecule has 0 radical (unpaired) electrons. The highest BCUT2D eigenvalue weighted by Crippen LogP contribution is 2.52. The molecule has 112 valence electrons. The molecule has 5 nitrogen and oxygen atoms in total. The summed E-state index contributed by atoms with van der Waals surface area (Å²) >= 11 is 1.47. The van der Waals surface area contributed by atoms with Crippen LogP contribution in [0.4, 0.5) is 0 Å². The minimum atomic E-state index is -0.754. The highest BCUT2D eigenvalue weighted by atomic mass is 32.2. The van der Waals surface area contributed by atoms with Gasteiger partial charge in [-0.05, 0) is 36.7 Å². The van der Waals surface area contributed by atoms with E-state index in [0.29, 0.717) is 16.3 Å². The van der Waals surface area contributed by atoms with Crippen LogP contribution in [0.25, 0.3) is 0 Å². The molecule has 0 bridgehead atoms. The van der Waals surface area contributed by atoms with Gasteiger partial charge in [0.05, 0.1) is 17.7 Å². The largest absolute Gasteiger partial charge is 0.481 e. The number of aromatic nitrogens is 2. The summed E-state index contributed by atoms with van der Waals surface area (Å²) in [5.41, 5.74) is 2.35. The van der Waals surface area contributed by atoms with Crippen molar-refractivity contribution in [2.45, 2.75) is 51.0 Å². The van der Waals surface area contributed by atoms with E-state index in [4.69, 9.17) is 5.11 Å². The molecule has 0 aromatic carbocycles.